The molecule has 1 aliphatic rings. The van der Waals surface area contributed by atoms with E-state index in [-0.39, 0.29) is 11.5 Å². The molecule has 2 aromatic rings. The molecule has 20 heavy (non-hydrogen) atoms. The summed E-state index contributed by atoms with van der Waals surface area (Å²) in [5.41, 5.74) is 4.71. The third-order valence-electron chi connectivity index (χ3n) is 4.16. The van der Waals surface area contributed by atoms with Crippen LogP contribution >= 0.6 is 11.6 Å². The highest BCUT2D eigenvalue weighted by Gasteiger charge is 2.34. The second-order valence-electron chi connectivity index (χ2n) is 6.56. The highest BCUT2D eigenvalue weighted by Crippen LogP contribution is 2.42. The van der Waals surface area contributed by atoms with Crippen molar-refractivity contribution in [2.45, 2.75) is 39.7 Å². The van der Waals surface area contributed by atoms with Crippen LogP contribution in [0.5, 0.6) is 0 Å². The Labute approximate surface area is 125 Å². The number of hydrogen-bond acceptors (Lipinski definition) is 1. The molecule has 3 rings (SSSR count). The van der Waals surface area contributed by atoms with E-state index in [0.717, 1.165) is 34.8 Å². The smallest absolute Gasteiger partial charge is 0.0812 e. The van der Waals surface area contributed by atoms with Crippen LogP contribution in [-0.4, -0.2) is 9.67 Å². The molecule has 0 radical (unpaired) electrons. The van der Waals surface area contributed by atoms with Gasteiger partial charge in [0.1, 0.15) is 0 Å². The molecular weight excluding hydrogens is 270 g/mol. The molecule has 1 unspecified atom stereocenters. The van der Waals surface area contributed by atoms with Crippen molar-refractivity contribution >= 4 is 11.6 Å². The molecule has 2 nitrogen and oxygen atoms in total. The van der Waals surface area contributed by atoms with Crippen molar-refractivity contribution in [3.8, 4) is 5.69 Å². The van der Waals surface area contributed by atoms with Crippen LogP contribution in [0, 0.1) is 12.3 Å². The maximum atomic E-state index is 10.4. The fraction of sp³-hybridized carbons (Fsp3) is 0.412. The Bertz CT molecular complexity index is 640. The SMILES string of the molecule is Cc1cc2c(n1-c1ccc(Cl)cc1)CC(C)(C)CC2O. The predicted octanol–water partition coefficient (Wildman–Crippen LogP) is 4.44. The van der Waals surface area contributed by atoms with E-state index in [4.69, 9.17) is 11.6 Å². The van der Waals surface area contributed by atoms with Gasteiger partial charge in [0, 0.05) is 27.7 Å². The minimum absolute atomic E-state index is 0.126. The third kappa shape index (κ3) is 2.27. The summed E-state index contributed by atoms with van der Waals surface area (Å²) in [7, 11) is 0. The third-order valence-corrected chi connectivity index (χ3v) is 4.41. The van der Waals surface area contributed by atoms with Crippen molar-refractivity contribution in [1.82, 2.24) is 4.57 Å². The number of hydrogen-bond donors (Lipinski definition) is 1. The summed E-state index contributed by atoms with van der Waals surface area (Å²) in [5, 5.41) is 11.1. The Hall–Kier alpha value is -1.25. The molecule has 0 aliphatic heterocycles. The van der Waals surface area contributed by atoms with Gasteiger partial charge in [-0.15, -0.1) is 0 Å². The average Bonchev–Trinajstić information content (AvgIpc) is 2.66. The van der Waals surface area contributed by atoms with Gasteiger partial charge in [-0.1, -0.05) is 25.4 Å². The van der Waals surface area contributed by atoms with Crippen molar-refractivity contribution in [3.05, 3.63) is 52.3 Å². The zero-order valence-electron chi connectivity index (χ0n) is 12.2. The quantitative estimate of drug-likeness (QED) is 0.824. The lowest BCUT2D eigenvalue weighted by atomic mass is 9.75. The summed E-state index contributed by atoms with van der Waals surface area (Å²) < 4.78 is 2.25. The molecule has 3 heteroatoms. The zero-order chi connectivity index (χ0) is 14.5. The molecule has 1 aliphatic carbocycles. The van der Waals surface area contributed by atoms with E-state index >= 15 is 0 Å². The average molecular weight is 290 g/mol. The number of aromatic nitrogens is 1. The van der Waals surface area contributed by atoms with Gasteiger partial charge < -0.3 is 9.67 Å². The van der Waals surface area contributed by atoms with Crippen LogP contribution in [0.3, 0.4) is 0 Å². The number of aliphatic hydroxyl groups excluding tert-OH is 1. The van der Waals surface area contributed by atoms with Crippen molar-refractivity contribution in [3.63, 3.8) is 0 Å². The van der Waals surface area contributed by atoms with E-state index in [1.807, 2.05) is 24.3 Å². The summed E-state index contributed by atoms with van der Waals surface area (Å²) in [5.74, 6) is 0. The molecule has 106 valence electrons. The number of halogens is 1. The Morgan fingerprint density at radius 2 is 1.90 bits per heavy atom. The van der Waals surface area contributed by atoms with Crippen LogP contribution in [-0.2, 0) is 6.42 Å². The summed E-state index contributed by atoms with van der Waals surface area (Å²) in [6.07, 6.45) is 1.45. The first kappa shape index (κ1) is 13.7. The van der Waals surface area contributed by atoms with Crippen LogP contribution in [0.1, 0.15) is 43.3 Å². The summed E-state index contributed by atoms with van der Waals surface area (Å²) in [4.78, 5) is 0. The second-order valence-corrected chi connectivity index (χ2v) is 7.00. The lowest BCUT2D eigenvalue weighted by molar-refractivity contribution is 0.0987. The summed E-state index contributed by atoms with van der Waals surface area (Å²) in [6.45, 7) is 6.52. The Balaban J connectivity index is 2.16. The zero-order valence-corrected chi connectivity index (χ0v) is 12.9. The number of fused-ring (bicyclic) bond motifs is 1. The molecule has 0 bridgehead atoms. The topological polar surface area (TPSA) is 25.2 Å². The van der Waals surface area contributed by atoms with Gasteiger partial charge >= 0.3 is 0 Å². The normalized spacial score (nSPS) is 20.8. The number of benzene rings is 1. The minimum Gasteiger partial charge on any atom is -0.388 e. The first-order valence-corrected chi connectivity index (χ1v) is 7.40. The monoisotopic (exact) mass is 289 g/mol. The largest absolute Gasteiger partial charge is 0.388 e. The predicted molar refractivity (Wildman–Crippen MR) is 82.6 cm³/mol. The molecule has 0 spiro atoms. The van der Waals surface area contributed by atoms with E-state index in [0.29, 0.717) is 0 Å². The fourth-order valence-corrected chi connectivity index (χ4v) is 3.42. The fourth-order valence-electron chi connectivity index (χ4n) is 3.29. The molecule has 1 atom stereocenters. The molecule has 0 saturated carbocycles. The van der Waals surface area contributed by atoms with Gasteiger partial charge in [0.05, 0.1) is 6.10 Å². The number of aliphatic hydroxyl groups is 1. The van der Waals surface area contributed by atoms with Crippen LogP contribution < -0.4 is 0 Å². The van der Waals surface area contributed by atoms with E-state index in [9.17, 15) is 5.11 Å². The molecule has 0 amide bonds. The van der Waals surface area contributed by atoms with Crippen LogP contribution in [0.2, 0.25) is 5.02 Å². The minimum atomic E-state index is -0.360. The molecule has 1 aromatic heterocycles. The van der Waals surface area contributed by atoms with Crippen molar-refractivity contribution < 1.29 is 5.11 Å². The molecule has 1 aromatic carbocycles. The van der Waals surface area contributed by atoms with Gasteiger partial charge in [-0.05, 0) is 55.5 Å². The van der Waals surface area contributed by atoms with Gasteiger partial charge in [0.15, 0.2) is 0 Å². The van der Waals surface area contributed by atoms with Crippen molar-refractivity contribution in [2.75, 3.05) is 0 Å². The van der Waals surface area contributed by atoms with Gasteiger partial charge in [0.25, 0.3) is 0 Å². The second kappa shape index (κ2) is 4.64. The lowest BCUT2D eigenvalue weighted by Gasteiger charge is -2.34. The molecule has 0 fully saturated rings. The van der Waals surface area contributed by atoms with Gasteiger partial charge in [-0.3, -0.25) is 0 Å². The van der Waals surface area contributed by atoms with Crippen molar-refractivity contribution in [1.29, 1.82) is 0 Å². The molecular formula is C17H20ClNO. The number of aryl methyl sites for hydroxylation is 1. The van der Waals surface area contributed by atoms with E-state index in [1.54, 1.807) is 0 Å². The Morgan fingerprint density at radius 3 is 2.55 bits per heavy atom. The van der Waals surface area contributed by atoms with Gasteiger partial charge in [-0.25, -0.2) is 0 Å². The molecule has 1 N–H and O–H groups in total. The highest BCUT2D eigenvalue weighted by molar-refractivity contribution is 6.30. The highest BCUT2D eigenvalue weighted by atomic mass is 35.5. The molecule has 1 heterocycles. The van der Waals surface area contributed by atoms with E-state index < -0.39 is 0 Å². The Morgan fingerprint density at radius 1 is 1.25 bits per heavy atom. The maximum absolute atomic E-state index is 10.4. The standard InChI is InChI=1S/C17H20ClNO/c1-11-8-14-15(9-17(2,3)10-16(14)20)19(11)13-6-4-12(18)5-7-13/h4-8,16,20H,9-10H2,1-3H3. The van der Waals surface area contributed by atoms with E-state index in [2.05, 4.69) is 31.4 Å². The summed E-state index contributed by atoms with van der Waals surface area (Å²) >= 11 is 5.98. The van der Waals surface area contributed by atoms with Crippen LogP contribution in [0.15, 0.2) is 30.3 Å². The van der Waals surface area contributed by atoms with Gasteiger partial charge in [0.2, 0.25) is 0 Å². The Kier molecular flexibility index (Phi) is 3.19. The van der Waals surface area contributed by atoms with E-state index in [1.165, 1.54) is 5.69 Å². The van der Waals surface area contributed by atoms with Crippen LogP contribution in [0.4, 0.5) is 0 Å². The number of nitrogens with zero attached hydrogens (tertiary/aromatic N) is 1. The summed E-state index contributed by atoms with van der Waals surface area (Å²) in [6, 6.07) is 10.00. The molecule has 0 saturated heterocycles. The lowest BCUT2D eigenvalue weighted by Crippen LogP contribution is -2.26. The maximum Gasteiger partial charge on any atom is 0.0812 e. The number of rotatable bonds is 1. The van der Waals surface area contributed by atoms with Crippen molar-refractivity contribution in [2.24, 2.45) is 5.41 Å². The first-order valence-electron chi connectivity index (χ1n) is 7.02. The van der Waals surface area contributed by atoms with Crippen LogP contribution in [0.25, 0.3) is 5.69 Å². The first-order chi connectivity index (χ1) is 9.37. The van der Waals surface area contributed by atoms with Gasteiger partial charge in [-0.2, -0.15) is 0 Å².